The summed E-state index contributed by atoms with van der Waals surface area (Å²) >= 11 is 0. The van der Waals surface area contributed by atoms with Crippen LogP contribution in [0.3, 0.4) is 0 Å². The van der Waals surface area contributed by atoms with Gasteiger partial charge in [-0.3, -0.25) is 0 Å². The van der Waals surface area contributed by atoms with Crippen LogP contribution in [0.25, 0.3) is 0 Å². The average Bonchev–Trinajstić information content (AvgIpc) is 2.72. The van der Waals surface area contributed by atoms with Crippen molar-refractivity contribution in [3.8, 4) is 0 Å². The third-order valence-electron chi connectivity index (χ3n) is 1.76. The summed E-state index contributed by atoms with van der Waals surface area (Å²) in [6.45, 7) is 0.0220. The zero-order valence-corrected chi connectivity index (χ0v) is 12.5. The van der Waals surface area contributed by atoms with Gasteiger partial charge in [-0.25, -0.2) is 0 Å². The van der Waals surface area contributed by atoms with E-state index in [2.05, 4.69) is 13.0 Å². The molecule has 0 amide bonds. The van der Waals surface area contributed by atoms with Gasteiger partial charge in [-0.2, -0.15) is 36.4 Å². The maximum absolute atomic E-state index is 9.58. The van der Waals surface area contributed by atoms with E-state index in [1.165, 1.54) is 12.8 Å². The van der Waals surface area contributed by atoms with Crippen molar-refractivity contribution < 1.29 is 17.9 Å². The number of rotatable bonds is 0. The van der Waals surface area contributed by atoms with Crippen LogP contribution in [0.4, 0.5) is 13.2 Å². The molecule has 1 saturated heterocycles. The van der Waals surface area contributed by atoms with Gasteiger partial charge in [0.05, 0.1) is 6.10 Å². The molecule has 0 N–H and O–H groups in total. The van der Waals surface area contributed by atoms with Crippen LogP contribution in [0, 0.1) is 12.7 Å². The van der Waals surface area contributed by atoms with Gasteiger partial charge in [0, 0.05) is 6.61 Å². The van der Waals surface area contributed by atoms with Crippen molar-refractivity contribution in [2.45, 2.75) is 25.9 Å². The van der Waals surface area contributed by atoms with E-state index >= 15 is 0 Å². The summed E-state index contributed by atoms with van der Waals surface area (Å²) in [4.78, 5) is 0. The predicted molar refractivity (Wildman–Crippen MR) is 69.5 cm³/mol. The Morgan fingerprint density at radius 1 is 1.17 bits per heavy atom. The molecule has 0 bridgehead atoms. The molecule has 0 radical (unpaired) electrons. The zero-order valence-electron chi connectivity index (χ0n) is 10.2. The maximum atomic E-state index is 9.58. The first kappa shape index (κ1) is 23.1. The van der Waals surface area contributed by atoms with E-state index < -0.39 is 6.68 Å². The fourth-order valence-electron chi connectivity index (χ4n) is 1.08. The Hall–Kier alpha value is 0.0262. The molecule has 1 aliphatic rings. The van der Waals surface area contributed by atoms with Crippen LogP contribution in [-0.2, 0) is 4.74 Å². The van der Waals surface area contributed by atoms with Gasteiger partial charge >= 0.3 is 23.1 Å². The molecule has 1 aliphatic heterocycles. The van der Waals surface area contributed by atoms with Gasteiger partial charge in [0.2, 0.25) is 0 Å². The van der Waals surface area contributed by atoms with E-state index in [9.17, 15) is 13.2 Å². The van der Waals surface area contributed by atoms with E-state index in [1.54, 1.807) is 0 Å². The van der Waals surface area contributed by atoms with Gasteiger partial charge < -0.3 is 17.9 Å². The molecular formula is C12H16ClF3MgO. The minimum Gasteiger partial charge on any atom is -0.385 e. The van der Waals surface area contributed by atoms with Crippen LogP contribution in [-0.4, -0.2) is 35.8 Å². The molecule has 100 valence electrons. The topological polar surface area (TPSA) is 9.23 Å². The molecule has 0 saturated carbocycles. The molecule has 1 unspecified atom stereocenters. The van der Waals surface area contributed by atoms with Gasteiger partial charge in [-0.15, -0.1) is 12.4 Å². The molecule has 0 spiro atoms. The number of ether oxygens (including phenoxy) is 1. The monoisotopic (exact) mass is 292 g/mol. The smallest absolute Gasteiger partial charge is 0.385 e. The standard InChI is InChI=1S/C6H5.C5H10O.CF3.ClH.Mg/c1-2-4-6-5-3-1;1-5-3-2-4-6-5;2-1(3)4;;/h1-5H;5H,2-4H2,1H3;;1H;/q-1;;-1;;+2. The Morgan fingerprint density at radius 2 is 1.67 bits per heavy atom. The second-order valence-corrected chi connectivity index (χ2v) is 3.12. The summed E-state index contributed by atoms with van der Waals surface area (Å²) in [6.07, 6.45) is 3.08. The molecular weight excluding hydrogens is 277 g/mol. The summed E-state index contributed by atoms with van der Waals surface area (Å²) in [5, 5.41) is 0. The van der Waals surface area contributed by atoms with Crippen molar-refractivity contribution in [3.63, 3.8) is 0 Å². The van der Waals surface area contributed by atoms with Crippen LogP contribution >= 0.6 is 12.4 Å². The van der Waals surface area contributed by atoms with Gasteiger partial charge in [-0.1, -0.05) is 0 Å². The average molecular weight is 293 g/mol. The molecule has 6 heteroatoms. The molecule has 1 heterocycles. The van der Waals surface area contributed by atoms with Gasteiger partial charge in [0.1, 0.15) is 0 Å². The normalized spacial score (nSPS) is 16.2. The summed E-state index contributed by atoms with van der Waals surface area (Å²) in [5.41, 5.74) is 0. The second kappa shape index (κ2) is 17.0. The molecule has 1 aromatic rings. The predicted octanol–water partition coefficient (Wildman–Crippen LogP) is 4.05. The van der Waals surface area contributed by atoms with Crippen molar-refractivity contribution in [2.75, 3.05) is 6.61 Å². The van der Waals surface area contributed by atoms with Gasteiger partial charge in [-0.05, 0) is 19.8 Å². The first-order valence-corrected chi connectivity index (χ1v) is 4.99. The summed E-state index contributed by atoms with van der Waals surface area (Å²) in [6, 6.07) is 12.5. The minimum atomic E-state index is -3.08. The number of hydrogen-bond donors (Lipinski definition) is 0. The molecule has 1 nitrogen and oxygen atoms in total. The van der Waals surface area contributed by atoms with Crippen molar-refractivity contribution in [1.82, 2.24) is 0 Å². The summed E-state index contributed by atoms with van der Waals surface area (Å²) in [7, 11) is 0. The fourth-order valence-corrected chi connectivity index (χ4v) is 1.08. The second-order valence-electron chi connectivity index (χ2n) is 3.12. The van der Waals surface area contributed by atoms with Gasteiger partial charge in [0.15, 0.2) is 6.68 Å². The van der Waals surface area contributed by atoms with Crippen molar-refractivity contribution >= 4 is 35.5 Å². The number of hydrogen-bond acceptors (Lipinski definition) is 1. The third-order valence-corrected chi connectivity index (χ3v) is 1.76. The quantitative estimate of drug-likeness (QED) is 0.518. The van der Waals surface area contributed by atoms with Crippen molar-refractivity contribution in [1.29, 1.82) is 0 Å². The van der Waals surface area contributed by atoms with E-state index in [0.717, 1.165) is 6.61 Å². The zero-order chi connectivity index (χ0) is 12.2. The molecule has 1 aromatic carbocycles. The van der Waals surface area contributed by atoms with Crippen molar-refractivity contribution in [3.05, 3.63) is 43.1 Å². The van der Waals surface area contributed by atoms with Crippen LogP contribution < -0.4 is 0 Å². The van der Waals surface area contributed by atoms with Crippen molar-refractivity contribution in [2.24, 2.45) is 0 Å². The number of benzene rings is 1. The molecule has 1 atom stereocenters. The summed E-state index contributed by atoms with van der Waals surface area (Å²) in [5.74, 6) is 0. The van der Waals surface area contributed by atoms with Crippen LogP contribution in [0.5, 0.6) is 0 Å². The molecule has 0 aromatic heterocycles. The maximum Gasteiger partial charge on any atom is 2.00 e. The fraction of sp³-hybridized carbons (Fsp3) is 0.417. The first-order valence-electron chi connectivity index (χ1n) is 4.99. The van der Waals surface area contributed by atoms with E-state index in [-0.39, 0.29) is 35.5 Å². The Kier molecular flexibility index (Phi) is 21.9. The Bertz CT molecular complexity index is 205. The minimum absolute atomic E-state index is 0. The summed E-state index contributed by atoms with van der Waals surface area (Å²) < 4.78 is 33.9. The Balaban J connectivity index is -0.000000182. The van der Waals surface area contributed by atoms with E-state index in [4.69, 9.17) is 4.74 Å². The SMILES string of the molecule is CC1CCCO1.Cl.F[C-](F)F.[Mg+2].[c-]1ccccc1. The van der Waals surface area contributed by atoms with Crippen LogP contribution in [0.2, 0.25) is 0 Å². The first-order chi connectivity index (χ1) is 7.63. The third kappa shape index (κ3) is 21.3. The molecule has 0 aliphatic carbocycles. The molecule has 1 fully saturated rings. The number of halogens is 4. The molecule has 18 heavy (non-hydrogen) atoms. The Morgan fingerprint density at radius 3 is 1.78 bits per heavy atom. The van der Waals surface area contributed by atoms with E-state index in [0.29, 0.717) is 6.10 Å². The molecule has 2 rings (SSSR count). The largest absolute Gasteiger partial charge is 2.00 e. The van der Waals surface area contributed by atoms with Crippen LogP contribution in [0.1, 0.15) is 19.8 Å². The Labute approximate surface area is 129 Å². The van der Waals surface area contributed by atoms with E-state index in [1.807, 2.05) is 30.3 Å². The van der Waals surface area contributed by atoms with Crippen LogP contribution in [0.15, 0.2) is 30.3 Å². The van der Waals surface area contributed by atoms with Gasteiger partial charge in [0.25, 0.3) is 0 Å².